The number of hydrogen-bond acceptors (Lipinski definition) is 5. The van der Waals surface area contributed by atoms with Gasteiger partial charge in [-0.2, -0.15) is 17.5 Å². The zero-order valence-electron chi connectivity index (χ0n) is 16.6. The lowest BCUT2D eigenvalue weighted by Crippen LogP contribution is -2.28. The van der Waals surface area contributed by atoms with E-state index in [0.717, 1.165) is 12.8 Å². The molecule has 1 heterocycles. The standard InChI is InChI=1S/C20H21F3N2O4S2/c1-2-29-17-10-7-15(13-18(17)31(27,28)25-11-3-4-12-25)24-19(26)14-5-8-16(9-6-14)30-20(21,22)23/h5-10,13H,2-4,11-12H2,1H3,(H,24,26). The molecule has 2 aromatic rings. The molecule has 168 valence electrons. The number of carbonyl (C=O) groups excluding carboxylic acids is 1. The van der Waals surface area contributed by atoms with Gasteiger partial charge in [-0.1, -0.05) is 0 Å². The number of thioether (sulfide) groups is 1. The summed E-state index contributed by atoms with van der Waals surface area (Å²) in [4.78, 5) is 12.4. The van der Waals surface area contributed by atoms with Crippen LogP contribution in [0.1, 0.15) is 30.1 Å². The fourth-order valence-electron chi connectivity index (χ4n) is 3.14. The minimum atomic E-state index is -4.41. The summed E-state index contributed by atoms with van der Waals surface area (Å²) in [7, 11) is -3.79. The Morgan fingerprint density at radius 2 is 1.77 bits per heavy atom. The summed E-state index contributed by atoms with van der Waals surface area (Å²) in [5, 5.41) is 2.59. The molecule has 1 fully saturated rings. The van der Waals surface area contributed by atoms with Gasteiger partial charge in [0, 0.05) is 29.2 Å². The van der Waals surface area contributed by atoms with Crippen molar-refractivity contribution in [1.82, 2.24) is 4.31 Å². The van der Waals surface area contributed by atoms with E-state index in [1.807, 2.05) is 0 Å². The van der Waals surface area contributed by atoms with Crippen molar-refractivity contribution in [2.24, 2.45) is 0 Å². The summed E-state index contributed by atoms with van der Waals surface area (Å²) in [5.74, 6) is -0.377. The number of ether oxygens (including phenoxy) is 1. The third kappa shape index (κ3) is 5.92. The molecule has 0 atom stereocenters. The normalized spacial score (nSPS) is 15.1. The quantitative estimate of drug-likeness (QED) is 0.587. The van der Waals surface area contributed by atoms with Crippen LogP contribution in [0.3, 0.4) is 0 Å². The molecule has 6 nitrogen and oxygen atoms in total. The molecule has 0 saturated carbocycles. The van der Waals surface area contributed by atoms with Gasteiger partial charge in [-0.05, 0) is 74.0 Å². The third-order valence-corrected chi connectivity index (χ3v) is 7.19. The average Bonchev–Trinajstić information content (AvgIpc) is 3.24. The van der Waals surface area contributed by atoms with E-state index in [2.05, 4.69) is 5.32 Å². The number of carbonyl (C=O) groups is 1. The molecule has 31 heavy (non-hydrogen) atoms. The summed E-state index contributed by atoms with van der Waals surface area (Å²) in [6.07, 6.45) is 1.56. The molecule has 2 aromatic carbocycles. The van der Waals surface area contributed by atoms with Gasteiger partial charge in [0.1, 0.15) is 10.6 Å². The van der Waals surface area contributed by atoms with Crippen molar-refractivity contribution in [1.29, 1.82) is 0 Å². The van der Waals surface area contributed by atoms with Gasteiger partial charge in [0.25, 0.3) is 5.91 Å². The number of sulfonamides is 1. The van der Waals surface area contributed by atoms with Crippen molar-refractivity contribution in [3.63, 3.8) is 0 Å². The zero-order chi connectivity index (χ0) is 22.6. The Balaban J connectivity index is 1.82. The molecule has 0 radical (unpaired) electrons. The van der Waals surface area contributed by atoms with Gasteiger partial charge in [-0.25, -0.2) is 8.42 Å². The lowest BCUT2D eigenvalue weighted by atomic mass is 10.2. The second-order valence-electron chi connectivity index (χ2n) is 6.73. The molecular weight excluding hydrogens is 453 g/mol. The Bertz CT molecular complexity index is 1040. The van der Waals surface area contributed by atoms with Crippen LogP contribution in [0.2, 0.25) is 0 Å². The van der Waals surface area contributed by atoms with E-state index in [9.17, 15) is 26.4 Å². The number of nitrogens with one attached hydrogen (secondary N) is 1. The predicted octanol–water partition coefficient (Wildman–Crippen LogP) is 4.73. The first-order valence-electron chi connectivity index (χ1n) is 9.54. The van der Waals surface area contributed by atoms with Crippen LogP contribution >= 0.6 is 11.8 Å². The SMILES string of the molecule is CCOc1ccc(NC(=O)c2ccc(SC(F)(F)F)cc2)cc1S(=O)(=O)N1CCCC1. The molecule has 1 saturated heterocycles. The average molecular weight is 475 g/mol. The Labute approximate surface area is 182 Å². The van der Waals surface area contributed by atoms with Crippen LogP contribution in [0.5, 0.6) is 5.75 Å². The molecule has 3 rings (SSSR count). The summed E-state index contributed by atoms with van der Waals surface area (Å²) in [6, 6.07) is 9.29. The number of nitrogens with zero attached hydrogens (tertiary/aromatic N) is 1. The van der Waals surface area contributed by atoms with E-state index in [1.54, 1.807) is 6.92 Å². The fourth-order valence-corrected chi connectivity index (χ4v) is 5.35. The molecule has 0 spiro atoms. The number of hydrogen-bond donors (Lipinski definition) is 1. The number of alkyl halides is 3. The van der Waals surface area contributed by atoms with Gasteiger partial charge in [-0.3, -0.25) is 4.79 Å². The highest BCUT2D eigenvalue weighted by Crippen LogP contribution is 2.37. The largest absolute Gasteiger partial charge is 0.492 e. The number of benzene rings is 2. The van der Waals surface area contributed by atoms with Crippen LogP contribution in [0, 0.1) is 0 Å². The van der Waals surface area contributed by atoms with E-state index in [1.165, 1.54) is 46.8 Å². The van der Waals surface area contributed by atoms with Gasteiger partial charge in [0.2, 0.25) is 10.0 Å². The minimum Gasteiger partial charge on any atom is -0.492 e. The second kappa shape index (κ2) is 9.49. The zero-order valence-corrected chi connectivity index (χ0v) is 18.2. The van der Waals surface area contributed by atoms with Crippen LogP contribution in [0.25, 0.3) is 0 Å². The molecule has 1 aliphatic heterocycles. The van der Waals surface area contributed by atoms with Crippen LogP contribution in [0.15, 0.2) is 52.3 Å². The van der Waals surface area contributed by atoms with Crippen molar-refractivity contribution in [2.75, 3.05) is 25.0 Å². The van der Waals surface area contributed by atoms with Gasteiger partial charge < -0.3 is 10.1 Å². The maximum Gasteiger partial charge on any atom is 0.446 e. The summed E-state index contributed by atoms with van der Waals surface area (Å²) < 4.78 is 70.2. The Kier molecular flexibility index (Phi) is 7.17. The molecule has 11 heteroatoms. The van der Waals surface area contributed by atoms with Crippen molar-refractivity contribution in [3.05, 3.63) is 48.0 Å². The first kappa shape index (κ1) is 23.4. The van der Waals surface area contributed by atoms with Crippen molar-refractivity contribution in [2.45, 2.75) is 35.1 Å². The first-order valence-corrected chi connectivity index (χ1v) is 11.8. The molecule has 1 N–H and O–H groups in total. The number of rotatable bonds is 7. The Morgan fingerprint density at radius 3 is 2.35 bits per heavy atom. The minimum absolute atomic E-state index is 0.0361. The summed E-state index contributed by atoms with van der Waals surface area (Å²) >= 11 is -0.269. The van der Waals surface area contributed by atoms with E-state index >= 15 is 0 Å². The van der Waals surface area contributed by atoms with Crippen LogP contribution in [-0.4, -0.2) is 43.8 Å². The van der Waals surface area contributed by atoms with Crippen molar-refractivity contribution < 1.29 is 31.1 Å². The predicted molar refractivity (Wildman–Crippen MR) is 112 cm³/mol. The Hall–Kier alpha value is -2.24. The monoisotopic (exact) mass is 474 g/mol. The molecule has 0 aromatic heterocycles. The fraction of sp³-hybridized carbons (Fsp3) is 0.350. The van der Waals surface area contributed by atoms with E-state index < -0.39 is 21.4 Å². The molecule has 0 aliphatic carbocycles. The topological polar surface area (TPSA) is 75.7 Å². The van der Waals surface area contributed by atoms with Crippen molar-refractivity contribution >= 4 is 33.4 Å². The van der Waals surface area contributed by atoms with Crippen LogP contribution in [0.4, 0.5) is 18.9 Å². The highest BCUT2D eigenvalue weighted by molar-refractivity contribution is 8.00. The van der Waals surface area contributed by atoms with Gasteiger partial charge in [0.05, 0.1) is 6.61 Å². The number of halogens is 3. The molecule has 1 aliphatic rings. The Morgan fingerprint density at radius 1 is 1.13 bits per heavy atom. The highest BCUT2D eigenvalue weighted by Gasteiger charge is 2.31. The van der Waals surface area contributed by atoms with E-state index in [4.69, 9.17) is 4.74 Å². The van der Waals surface area contributed by atoms with E-state index in [-0.39, 0.29) is 45.2 Å². The molecule has 0 bridgehead atoms. The summed E-state index contributed by atoms with van der Waals surface area (Å²) in [6.45, 7) is 2.86. The maximum absolute atomic E-state index is 13.0. The lowest BCUT2D eigenvalue weighted by molar-refractivity contribution is -0.0328. The lowest BCUT2D eigenvalue weighted by Gasteiger charge is -2.19. The highest BCUT2D eigenvalue weighted by atomic mass is 32.2. The molecule has 1 amide bonds. The smallest absolute Gasteiger partial charge is 0.446 e. The summed E-state index contributed by atoms with van der Waals surface area (Å²) in [5.41, 5.74) is -4.03. The van der Waals surface area contributed by atoms with Crippen LogP contribution < -0.4 is 10.1 Å². The number of amides is 1. The molecular formula is C20H21F3N2O4S2. The third-order valence-electron chi connectivity index (χ3n) is 4.53. The van der Waals surface area contributed by atoms with Gasteiger partial charge in [0.15, 0.2) is 0 Å². The number of anilines is 1. The van der Waals surface area contributed by atoms with Crippen LogP contribution in [-0.2, 0) is 10.0 Å². The first-order chi connectivity index (χ1) is 14.6. The van der Waals surface area contributed by atoms with Gasteiger partial charge in [-0.15, -0.1) is 0 Å². The molecule has 0 unspecified atom stereocenters. The van der Waals surface area contributed by atoms with Crippen molar-refractivity contribution in [3.8, 4) is 5.75 Å². The van der Waals surface area contributed by atoms with E-state index in [0.29, 0.717) is 13.1 Å². The van der Waals surface area contributed by atoms with Gasteiger partial charge >= 0.3 is 5.51 Å². The second-order valence-corrected chi connectivity index (χ2v) is 9.78. The maximum atomic E-state index is 13.0.